The van der Waals surface area contributed by atoms with Gasteiger partial charge in [-0.2, -0.15) is 0 Å². The van der Waals surface area contributed by atoms with Crippen molar-refractivity contribution in [3.63, 3.8) is 0 Å². The largest absolute Gasteiger partial charge is 0.0619 e. The summed E-state index contributed by atoms with van der Waals surface area (Å²) in [7, 11) is 0. The Morgan fingerprint density at radius 2 is 1.39 bits per heavy atom. The smallest absolute Gasteiger partial charge is 0.0158 e. The van der Waals surface area contributed by atoms with Crippen LogP contribution in [0.5, 0.6) is 0 Å². The van der Waals surface area contributed by atoms with Gasteiger partial charge in [0.05, 0.1) is 0 Å². The Morgan fingerprint density at radius 1 is 0.778 bits per heavy atom. The van der Waals surface area contributed by atoms with Crippen LogP contribution in [0.4, 0.5) is 0 Å². The van der Waals surface area contributed by atoms with E-state index in [9.17, 15) is 0 Å². The lowest BCUT2D eigenvalue weighted by Gasteiger charge is -2.27. The molecule has 0 saturated heterocycles. The predicted octanol–water partition coefficient (Wildman–Crippen LogP) is 5.11. The van der Waals surface area contributed by atoms with E-state index in [2.05, 4.69) is 65.8 Å². The monoisotopic (exact) mass is 238 g/mol. The Hall–Kier alpha value is -1.30. The number of hydrogen-bond donors (Lipinski definition) is 0. The summed E-state index contributed by atoms with van der Waals surface area (Å²) < 4.78 is 0. The van der Waals surface area contributed by atoms with E-state index < -0.39 is 0 Å². The molecular formula is C18H22. The first kappa shape index (κ1) is 11.8. The number of allylic oxidation sites excluding steroid dienone is 4. The van der Waals surface area contributed by atoms with Gasteiger partial charge in [-0.1, -0.05) is 57.5 Å². The maximum atomic E-state index is 2.37. The molecule has 2 aliphatic carbocycles. The fourth-order valence-electron chi connectivity index (χ4n) is 3.98. The Labute approximate surface area is 110 Å². The lowest BCUT2D eigenvalue weighted by molar-refractivity contribution is 0.609. The van der Waals surface area contributed by atoms with Crippen molar-refractivity contribution in [2.24, 2.45) is 5.41 Å². The average Bonchev–Trinajstić information content (AvgIpc) is 2.66. The average molecular weight is 238 g/mol. The van der Waals surface area contributed by atoms with Crippen molar-refractivity contribution in [1.29, 1.82) is 0 Å². The van der Waals surface area contributed by atoms with E-state index in [0.717, 1.165) is 0 Å². The number of fused-ring (bicyclic) bond motifs is 2. The normalized spacial score (nSPS) is 23.4. The molecule has 0 fully saturated rings. The molecule has 2 aliphatic rings. The van der Waals surface area contributed by atoms with E-state index in [1.807, 2.05) is 0 Å². The molecule has 0 heteroatoms. The first-order valence-electron chi connectivity index (χ1n) is 6.83. The third-order valence-electron chi connectivity index (χ3n) is 5.24. The zero-order chi connectivity index (χ0) is 13.3. The highest BCUT2D eigenvalue weighted by Crippen LogP contribution is 2.61. The highest BCUT2D eigenvalue weighted by molar-refractivity contribution is 5.91. The highest BCUT2D eigenvalue weighted by atomic mass is 14.5. The summed E-state index contributed by atoms with van der Waals surface area (Å²) in [6.07, 6.45) is 0. The van der Waals surface area contributed by atoms with Crippen LogP contribution in [0.1, 0.15) is 52.7 Å². The molecule has 0 heterocycles. The van der Waals surface area contributed by atoms with Crippen LogP contribution >= 0.6 is 0 Å². The van der Waals surface area contributed by atoms with Crippen molar-refractivity contribution in [1.82, 2.24) is 0 Å². The second-order valence-corrected chi connectivity index (χ2v) is 6.80. The van der Waals surface area contributed by atoms with Crippen LogP contribution in [0.25, 0.3) is 5.57 Å². The molecule has 0 amide bonds. The maximum Gasteiger partial charge on any atom is 0.0158 e. The fraction of sp³-hybridized carbons (Fsp3) is 0.444. The van der Waals surface area contributed by atoms with E-state index in [1.54, 1.807) is 11.1 Å². The van der Waals surface area contributed by atoms with Gasteiger partial charge in [-0.3, -0.25) is 0 Å². The Kier molecular flexibility index (Phi) is 2.07. The SMILES string of the molecule is CC1=C(C)C(C)(C)C2=C1C(C)(C)c1ccccc12. The minimum absolute atomic E-state index is 0.158. The van der Waals surface area contributed by atoms with Gasteiger partial charge in [-0.25, -0.2) is 0 Å². The van der Waals surface area contributed by atoms with Gasteiger partial charge in [0, 0.05) is 10.8 Å². The standard InChI is InChI=1S/C18H22/c1-11-12(2)17(3,4)16-13-9-7-8-10-14(13)18(5,6)15(11)16/h7-10H,1-6H3. The van der Waals surface area contributed by atoms with Crippen molar-refractivity contribution in [2.45, 2.75) is 47.0 Å². The second-order valence-electron chi connectivity index (χ2n) is 6.80. The second kappa shape index (κ2) is 3.17. The summed E-state index contributed by atoms with van der Waals surface area (Å²) in [5, 5.41) is 0. The Balaban J connectivity index is 2.39. The Bertz CT molecular complexity index is 607. The van der Waals surface area contributed by atoms with E-state index in [0.29, 0.717) is 0 Å². The molecule has 0 N–H and O–H groups in total. The molecule has 0 nitrogen and oxygen atoms in total. The number of benzene rings is 1. The van der Waals surface area contributed by atoms with E-state index >= 15 is 0 Å². The molecule has 0 radical (unpaired) electrons. The van der Waals surface area contributed by atoms with Crippen LogP contribution in [-0.4, -0.2) is 0 Å². The number of rotatable bonds is 0. The zero-order valence-corrected chi connectivity index (χ0v) is 12.3. The van der Waals surface area contributed by atoms with Crippen molar-refractivity contribution in [3.8, 4) is 0 Å². The van der Waals surface area contributed by atoms with E-state index in [-0.39, 0.29) is 10.8 Å². The molecule has 1 aromatic rings. The summed E-state index contributed by atoms with van der Waals surface area (Å²) in [5.74, 6) is 0. The van der Waals surface area contributed by atoms with Crippen LogP contribution in [0.3, 0.4) is 0 Å². The van der Waals surface area contributed by atoms with Gasteiger partial charge in [0.25, 0.3) is 0 Å². The first-order valence-corrected chi connectivity index (χ1v) is 6.83. The minimum Gasteiger partial charge on any atom is -0.0619 e. The van der Waals surface area contributed by atoms with Gasteiger partial charge in [-0.05, 0) is 41.7 Å². The fourth-order valence-corrected chi connectivity index (χ4v) is 3.98. The van der Waals surface area contributed by atoms with Crippen molar-refractivity contribution < 1.29 is 0 Å². The quantitative estimate of drug-likeness (QED) is 0.589. The lowest BCUT2D eigenvalue weighted by atomic mass is 9.76. The molecule has 3 rings (SSSR count). The predicted molar refractivity (Wildman–Crippen MR) is 78.5 cm³/mol. The van der Waals surface area contributed by atoms with Gasteiger partial charge >= 0.3 is 0 Å². The summed E-state index contributed by atoms with van der Waals surface area (Å²) in [6.45, 7) is 14.1. The van der Waals surface area contributed by atoms with E-state index in [1.165, 1.54) is 22.3 Å². The van der Waals surface area contributed by atoms with Crippen molar-refractivity contribution in [3.05, 3.63) is 52.1 Å². The molecule has 0 aliphatic heterocycles. The third kappa shape index (κ3) is 1.12. The summed E-state index contributed by atoms with van der Waals surface area (Å²) in [6, 6.07) is 8.94. The van der Waals surface area contributed by atoms with Gasteiger partial charge < -0.3 is 0 Å². The third-order valence-corrected chi connectivity index (χ3v) is 5.24. The summed E-state index contributed by atoms with van der Waals surface area (Å²) >= 11 is 0. The molecule has 1 aromatic carbocycles. The topological polar surface area (TPSA) is 0 Å². The molecule has 0 aromatic heterocycles. The van der Waals surface area contributed by atoms with Crippen LogP contribution in [-0.2, 0) is 5.41 Å². The molecule has 18 heavy (non-hydrogen) atoms. The summed E-state index contributed by atoms with van der Waals surface area (Å²) in [5.41, 5.74) is 9.50. The van der Waals surface area contributed by atoms with Gasteiger partial charge in [0.15, 0.2) is 0 Å². The van der Waals surface area contributed by atoms with Gasteiger partial charge in [0.1, 0.15) is 0 Å². The van der Waals surface area contributed by atoms with Crippen LogP contribution in [0.15, 0.2) is 41.0 Å². The highest BCUT2D eigenvalue weighted by Gasteiger charge is 2.48. The van der Waals surface area contributed by atoms with Crippen molar-refractivity contribution in [2.75, 3.05) is 0 Å². The van der Waals surface area contributed by atoms with Gasteiger partial charge in [-0.15, -0.1) is 0 Å². The van der Waals surface area contributed by atoms with Crippen LogP contribution < -0.4 is 0 Å². The maximum absolute atomic E-state index is 2.37. The first-order chi connectivity index (χ1) is 8.29. The molecule has 94 valence electrons. The molecule has 0 unspecified atom stereocenters. The molecule has 0 bridgehead atoms. The minimum atomic E-state index is 0.158. The zero-order valence-electron chi connectivity index (χ0n) is 12.3. The lowest BCUT2D eigenvalue weighted by Crippen LogP contribution is -2.18. The van der Waals surface area contributed by atoms with Crippen LogP contribution in [0.2, 0.25) is 0 Å². The molecule has 0 saturated carbocycles. The van der Waals surface area contributed by atoms with Crippen LogP contribution in [0, 0.1) is 5.41 Å². The number of hydrogen-bond acceptors (Lipinski definition) is 0. The molecular weight excluding hydrogens is 216 g/mol. The summed E-state index contributed by atoms with van der Waals surface area (Å²) in [4.78, 5) is 0. The van der Waals surface area contributed by atoms with E-state index in [4.69, 9.17) is 0 Å². The molecule has 0 atom stereocenters. The Morgan fingerprint density at radius 3 is 2.06 bits per heavy atom. The van der Waals surface area contributed by atoms with Gasteiger partial charge in [0.2, 0.25) is 0 Å². The van der Waals surface area contributed by atoms with Crippen molar-refractivity contribution >= 4 is 5.57 Å². The molecule has 0 spiro atoms.